The summed E-state index contributed by atoms with van der Waals surface area (Å²) in [6.45, 7) is 5.79. The lowest BCUT2D eigenvalue weighted by atomic mass is 9.98. The number of ketones is 1. The van der Waals surface area contributed by atoms with Gasteiger partial charge in [-0.15, -0.1) is 0 Å². The minimum Gasteiger partial charge on any atom is -0.496 e. The fourth-order valence-electron chi connectivity index (χ4n) is 3.43. The number of pyridine rings is 1. The van der Waals surface area contributed by atoms with Crippen molar-refractivity contribution in [3.05, 3.63) is 70.5 Å². The summed E-state index contributed by atoms with van der Waals surface area (Å²) < 4.78 is 5.50. The molecule has 0 N–H and O–H groups in total. The maximum atomic E-state index is 11.3. The normalized spacial score (nSPS) is 10.9. The lowest BCUT2D eigenvalue weighted by Crippen LogP contribution is -2.00. The fraction of sp³-hybridized carbons (Fsp3) is 0.304. The van der Waals surface area contributed by atoms with Crippen LogP contribution >= 0.6 is 0 Å². The van der Waals surface area contributed by atoms with Crippen molar-refractivity contribution in [2.75, 3.05) is 7.11 Å². The molecular formula is C23H25NO2. The van der Waals surface area contributed by atoms with Crippen molar-refractivity contribution >= 4 is 16.6 Å². The van der Waals surface area contributed by atoms with Crippen molar-refractivity contribution in [1.82, 2.24) is 4.98 Å². The molecule has 3 nitrogen and oxygen atoms in total. The van der Waals surface area contributed by atoms with Crippen LogP contribution in [-0.2, 0) is 24.1 Å². The number of carbonyl (C=O) groups is 1. The molecule has 0 saturated carbocycles. The first-order chi connectivity index (χ1) is 12.5. The molecule has 3 rings (SSSR count). The molecule has 1 aromatic heterocycles. The van der Waals surface area contributed by atoms with Crippen LogP contribution in [0, 0.1) is 13.8 Å². The first kappa shape index (κ1) is 18.1. The summed E-state index contributed by atoms with van der Waals surface area (Å²) in [5.41, 5.74) is 5.71. The first-order valence-corrected chi connectivity index (χ1v) is 8.98. The zero-order chi connectivity index (χ0) is 18.7. The molecule has 3 heteroatoms. The molecular weight excluding hydrogens is 322 g/mol. The highest BCUT2D eigenvalue weighted by Gasteiger charge is 2.10. The Morgan fingerprint density at radius 1 is 1.00 bits per heavy atom. The molecule has 0 radical (unpaired) electrons. The van der Waals surface area contributed by atoms with E-state index in [9.17, 15) is 4.79 Å². The van der Waals surface area contributed by atoms with Gasteiger partial charge in [-0.25, -0.2) is 0 Å². The van der Waals surface area contributed by atoms with Gasteiger partial charge in [-0.05, 0) is 73.4 Å². The van der Waals surface area contributed by atoms with Gasteiger partial charge in [0, 0.05) is 23.7 Å². The van der Waals surface area contributed by atoms with Crippen molar-refractivity contribution in [2.45, 2.75) is 40.0 Å². The predicted octanol–water partition coefficient (Wildman–Crippen LogP) is 4.78. The molecule has 0 spiro atoms. The summed E-state index contributed by atoms with van der Waals surface area (Å²) in [4.78, 5) is 16.0. The lowest BCUT2D eigenvalue weighted by molar-refractivity contribution is -0.116. The molecule has 0 fully saturated rings. The van der Waals surface area contributed by atoms with Crippen LogP contribution < -0.4 is 4.74 Å². The van der Waals surface area contributed by atoms with E-state index in [1.54, 1.807) is 14.0 Å². The summed E-state index contributed by atoms with van der Waals surface area (Å²) in [6, 6.07) is 12.6. The van der Waals surface area contributed by atoms with Gasteiger partial charge in [-0.1, -0.05) is 24.3 Å². The minimum absolute atomic E-state index is 0.191. The number of fused-ring (bicyclic) bond motifs is 1. The second kappa shape index (κ2) is 7.69. The number of nitrogens with zero attached hydrogens (tertiary/aromatic N) is 1. The van der Waals surface area contributed by atoms with Gasteiger partial charge < -0.3 is 4.74 Å². The fourth-order valence-corrected chi connectivity index (χ4v) is 3.43. The number of Topliss-reactive ketones (excluding diaryl/α,β-unsaturated/α-hetero) is 1. The van der Waals surface area contributed by atoms with E-state index >= 15 is 0 Å². The van der Waals surface area contributed by atoms with E-state index in [0.29, 0.717) is 6.42 Å². The quantitative estimate of drug-likeness (QED) is 0.644. The Labute approximate surface area is 155 Å². The van der Waals surface area contributed by atoms with Gasteiger partial charge in [0.1, 0.15) is 11.5 Å². The molecule has 1 heterocycles. The molecule has 2 aromatic carbocycles. The average molecular weight is 347 g/mol. The first-order valence-electron chi connectivity index (χ1n) is 8.98. The van der Waals surface area contributed by atoms with Crippen LogP contribution in [0.1, 0.15) is 34.9 Å². The number of aryl methyl sites for hydroxylation is 4. The van der Waals surface area contributed by atoms with Gasteiger partial charge in [-0.3, -0.25) is 9.78 Å². The van der Waals surface area contributed by atoms with Crippen molar-refractivity contribution in [3.63, 3.8) is 0 Å². The van der Waals surface area contributed by atoms with Crippen LogP contribution in [0.15, 0.2) is 42.6 Å². The highest BCUT2D eigenvalue weighted by atomic mass is 16.5. The Morgan fingerprint density at radius 2 is 1.77 bits per heavy atom. The number of rotatable bonds is 6. The molecule has 0 aliphatic rings. The van der Waals surface area contributed by atoms with Crippen LogP contribution in [0.25, 0.3) is 10.8 Å². The Morgan fingerprint density at radius 3 is 2.50 bits per heavy atom. The van der Waals surface area contributed by atoms with Crippen LogP contribution in [0.4, 0.5) is 0 Å². The standard InChI is InChI=1S/C23H25NO2/c1-15-10-20-16(2)14-24-22(21(20)13-23(15)26-4)9-8-18-6-5-7-19(12-18)11-17(3)25/h5-7,10,12-14H,8-9,11H2,1-4H3. The largest absolute Gasteiger partial charge is 0.496 e. The Bertz CT molecular complexity index is 960. The molecule has 0 aliphatic carbocycles. The molecule has 0 saturated heterocycles. The topological polar surface area (TPSA) is 39.2 Å². The number of methoxy groups -OCH3 is 1. The SMILES string of the molecule is COc1cc2c(CCc3cccc(CC(C)=O)c3)ncc(C)c2cc1C. The molecule has 0 amide bonds. The summed E-state index contributed by atoms with van der Waals surface area (Å²) >= 11 is 0. The molecule has 0 unspecified atom stereocenters. The Hall–Kier alpha value is -2.68. The van der Waals surface area contributed by atoms with Crippen molar-refractivity contribution < 1.29 is 9.53 Å². The summed E-state index contributed by atoms with van der Waals surface area (Å²) in [5, 5.41) is 2.39. The molecule has 3 aromatic rings. The van der Waals surface area contributed by atoms with Crippen LogP contribution in [0.3, 0.4) is 0 Å². The minimum atomic E-state index is 0.191. The highest BCUT2D eigenvalue weighted by molar-refractivity contribution is 5.89. The maximum Gasteiger partial charge on any atom is 0.134 e. The molecule has 134 valence electrons. The summed E-state index contributed by atoms with van der Waals surface area (Å²) in [7, 11) is 1.71. The third kappa shape index (κ3) is 3.93. The van der Waals surface area contributed by atoms with Gasteiger partial charge >= 0.3 is 0 Å². The van der Waals surface area contributed by atoms with E-state index in [-0.39, 0.29) is 5.78 Å². The highest BCUT2D eigenvalue weighted by Crippen LogP contribution is 2.29. The van der Waals surface area contributed by atoms with E-state index in [1.165, 1.54) is 16.5 Å². The van der Waals surface area contributed by atoms with Gasteiger partial charge in [0.25, 0.3) is 0 Å². The molecule has 0 atom stereocenters. The van der Waals surface area contributed by atoms with Crippen molar-refractivity contribution in [1.29, 1.82) is 0 Å². The van der Waals surface area contributed by atoms with E-state index in [2.05, 4.69) is 43.1 Å². The number of hydrogen-bond acceptors (Lipinski definition) is 3. The second-order valence-corrected chi connectivity index (χ2v) is 6.95. The second-order valence-electron chi connectivity index (χ2n) is 6.95. The Kier molecular flexibility index (Phi) is 5.36. The van der Waals surface area contributed by atoms with Gasteiger partial charge in [-0.2, -0.15) is 0 Å². The van der Waals surface area contributed by atoms with E-state index in [0.717, 1.165) is 40.8 Å². The number of aromatic nitrogens is 1. The van der Waals surface area contributed by atoms with Gasteiger partial charge in [0.05, 0.1) is 7.11 Å². The number of hydrogen-bond donors (Lipinski definition) is 0. The predicted molar refractivity (Wildman–Crippen MR) is 106 cm³/mol. The molecule has 26 heavy (non-hydrogen) atoms. The summed E-state index contributed by atoms with van der Waals surface area (Å²) in [5.74, 6) is 1.09. The molecule has 0 aliphatic heterocycles. The zero-order valence-corrected chi connectivity index (χ0v) is 15.9. The van der Waals surface area contributed by atoms with Crippen LogP contribution in [0.5, 0.6) is 5.75 Å². The number of carbonyl (C=O) groups excluding carboxylic acids is 1. The van der Waals surface area contributed by atoms with Crippen molar-refractivity contribution in [3.8, 4) is 5.75 Å². The van der Waals surface area contributed by atoms with E-state index in [4.69, 9.17) is 4.74 Å². The van der Waals surface area contributed by atoms with Gasteiger partial charge in [0.2, 0.25) is 0 Å². The van der Waals surface area contributed by atoms with Crippen molar-refractivity contribution in [2.24, 2.45) is 0 Å². The van der Waals surface area contributed by atoms with Crippen LogP contribution in [-0.4, -0.2) is 17.9 Å². The Balaban J connectivity index is 1.89. The lowest BCUT2D eigenvalue weighted by Gasteiger charge is -2.12. The third-order valence-corrected chi connectivity index (χ3v) is 4.78. The molecule has 0 bridgehead atoms. The monoisotopic (exact) mass is 347 g/mol. The number of ether oxygens (including phenoxy) is 1. The zero-order valence-electron chi connectivity index (χ0n) is 15.9. The third-order valence-electron chi connectivity index (χ3n) is 4.78. The summed E-state index contributed by atoms with van der Waals surface area (Å²) in [6.07, 6.45) is 4.20. The smallest absolute Gasteiger partial charge is 0.134 e. The van der Waals surface area contributed by atoms with E-state index < -0.39 is 0 Å². The average Bonchev–Trinajstić information content (AvgIpc) is 2.61. The number of benzene rings is 2. The maximum absolute atomic E-state index is 11.3. The van der Waals surface area contributed by atoms with Gasteiger partial charge in [0.15, 0.2) is 0 Å². The van der Waals surface area contributed by atoms with Crippen LogP contribution in [0.2, 0.25) is 0 Å². The van der Waals surface area contributed by atoms with E-state index in [1.807, 2.05) is 18.3 Å².